The van der Waals surface area contributed by atoms with Crippen LogP contribution in [-0.2, 0) is 11.2 Å². The molecule has 0 aliphatic carbocycles. The third-order valence-electron chi connectivity index (χ3n) is 3.98. The van der Waals surface area contributed by atoms with Gasteiger partial charge in [-0.05, 0) is 37.4 Å². The number of para-hydroxylation sites is 1. The molecule has 106 valence electrons. The van der Waals surface area contributed by atoms with E-state index in [0.717, 1.165) is 38.9 Å². The van der Waals surface area contributed by atoms with E-state index in [1.807, 2.05) is 11.0 Å². The first-order valence-electron chi connectivity index (χ1n) is 7.38. The molecule has 4 heteroatoms. The van der Waals surface area contributed by atoms with E-state index in [2.05, 4.69) is 34.7 Å². The predicted molar refractivity (Wildman–Crippen MR) is 80.7 cm³/mol. The van der Waals surface area contributed by atoms with E-state index in [1.165, 1.54) is 16.5 Å². The number of aromatic nitrogens is 1. The molecule has 2 N–H and O–H groups in total. The van der Waals surface area contributed by atoms with Crippen molar-refractivity contribution in [1.29, 1.82) is 0 Å². The van der Waals surface area contributed by atoms with Gasteiger partial charge in [-0.25, -0.2) is 0 Å². The van der Waals surface area contributed by atoms with Gasteiger partial charge >= 0.3 is 0 Å². The number of nitrogens with zero attached hydrogens (tertiary/aromatic N) is 1. The zero-order valence-corrected chi connectivity index (χ0v) is 11.7. The van der Waals surface area contributed by atoms with Crippen LogP contribution in [0, 0.1) is 0 Å². The van der Waals surface area contributed by atoms with Gasteiger partial charge in [0.1, 0.15) is 0 Å². The highest BCUT2D eigenvalue weighted by molar-refractivity contribution is 5.83. The number of nitrogens with one attached hydrogen (secondary N) is 2. The number of hydrogen-bond acceptors (Lipinski definition) is 2. The summed E-state index contributed by atoms with van der Waals surface area (Å²) in [5, 5.41) is 4.54. The number of amides is 1. The van der Waals surface area contributed by atoms with Gasteiger partial charge in [0.25, 0.3) is 0 Å². The fourth-order valence-electron chi connectivity index (χ4n) is 2.84. The second-order valence-electron chi connectivity index (χ2n) is 5.37. The summed E-state index contributed by atoms with van der Waals surface area (Å²) < 4.78 is 0. The summed E-state index contributed by atoms with van der Waals surface area (Å²) in [6.07, 6.45) is 5.31. The van der Waals surface area contributed by atoms with Crippen LogP contribution < -0.4 is 5.32 Å². The van der Waals surface area contributed by atoms with Crippen molar-refractivity contribution in [3.63, 3.8) is 0 Å². The van der Waals surface area contributed by atoms with E-state index < -0.39 is 0 Å². The van der Waals surface area contributed by atoms with Crippen LogP contribution in [0.4, 0.5) is 0 Å². The molecule has 2 aromatic rings. The molecule has 4 nitrogen and oxygen atoms in total. The number of likely N-dealkylation sites (tertiary alicyclic amines) is 1. The highest BCUT2D eigenvalue weighted by Crippen LogP contribution is 2.17. The van der Waals surface area contributed by atoms with Gasteiger partial charge < -0.3 is 15.2 Å². The number of fused-ring (bicyclic) bond motifs is 1. The molecule has 0 saturated carbocycles. The lowest BCUT2D eigenvalue weighted by Gasteiger charge is -2.15. The van der Waals surface area contributed by atoms with Crippen LogP contribution in [0.15, 0.2) is 30.5 Å². The normalized spacial score (nSPS) is 15.1. The summed E-state index contributed by atoms with van der Waals surface area (Å²) in [6.45, 7) is 3.16. The maximum Gasteiger partial charge on any atom is 0.236 e. The number of rotatable bonds is 5. The minimum absolute atomic E-state index is 0.237. The zero-order chi connectivity index (χ0) is 13.8. The SMILES string of the molecule is O=C(CNCCc1c[nH]c2ccccc12)N1CCCC1. The highest BCUT2D eigenvalue weighted by Gasteiger charge is 2.16. The molecule has 0 atom stereocenters. The number of hydrogen-bond donors (Lipinski definition) is 2. The van der Waals surface area contributed by atoms with Gasteiger partial charge in [0.05, 0.1) is 6.54 Å². The van der Waals surface area contributed by atoms with E-state index >= 15 is 0 Å². The summed E-state index contributed by atoms with van der Waals surface area (Å²) in [5.74, 6) is 0.237. The molecule has 1 saturated heterocycles. The van der Waals surface area contributed by atoms with Gasteiger partial charge in [0.15, 0.2) is 0 Å². The van der Waals surface area contributed by atoms with Gasteiger partial charge in [-0.1, -0.05) is 18.2 Å². The maximum absolute atomic E-state index is 11.9. The molecule has 1 aliphatic heterocycles. The third kappa shape index (κ3) is 2.85. The van der Waals surface area contributed by atoms with Gasteiger partial charge in [-0.2, -0.15) is 0 Å². The van der Waals surface area contributed by atoms with E-state index in [4.69, 9.17) is 0 Å². The molecule has 3 rings (SSSR count). The number of carbonyl (C=O) groups is 1. The standard InChI is InChI=1S/C16H21N3O/c20-16(19-9-3-4-10-19)12-17-8-7-13-11-18-15-6-2-1-5-14(13)15/h1-2,5-6,11,17-18H,3-4,7-10,12H2. The lowest BCUT2D eigenvalue weighted by atomic mass is 10.1. The van der Waals surface area contributed by atoms with Gasteiger partial charge in [-0.3, -0.25) is 4.79 Å². The quantitative estimate of drug-likeness (QED) is 0.816. The Morgan fingerprint density at radius 1 is 1.25 bits per heavy atom. The maximum atomic E-state index is 11.9. The Morgan fingerprint density at radius 2 is 2.05 bits per heavy atom. The number of carbonyl (C=O) groups excluding carboxylic acids is 1. The van der Waals surface area contributed by atoms with E-state index in [0.29, 0.717) is 6.54 Å². The van der Waals surface area contributed by atoms with Gasteiger partial charge in [0.2, 0.25) is 5.91 Å². The Morgan fingerprint density at radius 3 is 2.90 bits per heavy atom. The summed E-state index contributed by atoms with van der Waals surface area (Å²) >= 11 is 0. The van der Waals surface area contributed by atoms with Crippen LogP contribution >= 0.6 is 0 Å². The van der Waals surface area contributed by atoms with E-state index in [9.17, 15) is 4.79 Å². The summed E-state index contributed by atoms with van der Waals surface area (Å²) in [5.41, 5.74) is 2.48. The molecule has 0 spiro atoms. The monoisotopic (exact) mass is 271 g/mol. The fourth-order valence-corrected chi connectivity index (χ4v) is 2.84. The molecule has 0 bridgehead atoms. The largest absolute Gasteiger partial charge is 0.361 e. The van der Waals surface area contributed by atoms with Crippen molar-refractivity contribution < 1.29 is 4.79 Å². The number of H-pyrrole nitrogens is 1. The average Bonchev–Trinajstić information content (AvgIpc) is 3.13. The summed E-state index contributed by atoms with van der Waals surface area (Å²) in [4.78, 5) is 17.1. The number of aromatic amines is 1. The molecule has 0 unspecified atom stereocenters. The lowest BCUT2D eigenvalue weighted by molar-refractivity contribution is -0.129. The molecular formula is C16H21N3O. The van der Waals surface area contributed by atoms with Crippen molar-refractivity contribution in [2.45, 2.75) is 19.3 Å². The second-order valence-corrected chi connectivity index (χ2v) is 5.37. The van der Waals surface area contributed by atoms with Crippen LogP contribution in [0.3, 0.4) is 0 Å². The third-order valence-corrected chi connectivity index (χ3v) is 3.98. The van der Waals surface area contributed by atoms with Gasteiger partial charge in [-0.15, -0.1) is 0 Å². The topological polar surface area (TPSA) is 48.1 Å². The van der Waals surface area contributed by atoms with Crippen LogP contribution in [0.5, 0.6) is 0 Å². The summed E-state index contributed by atoms with van der Waals surface area (Å²) in [7, 11) is 0. The van der Waals surface area contributed by atoms with Crippen molar-refractivity contribution >= 4 is 16.8 Å². The first-order valence-corrected chi connectivity index (χ1v) is 7.38. The minimum Gasteiger partial charge on any atom is -0.361 e. The van der Waals surface area contributed by atoms with Crippen molar-refractivity contribution in [2.24, 2.45) is 0 Å². The Balaban J connectivity index is 1.47. The molecule has 1 fully saturated rings. The Labute approximate surface area is 119 Å². The van der Waals surface area contributed by atoms with Gasteiger partial charge in [0, 0.05) is 30.2 Å². The van der Waals surface area contributed by atoms with Crippen molar-refractivity contribution in [1.82, 2.24) is 15.2 Å². The smallest absolute Gasteiger partial charge is 0.236 e. The van der Waals surface area contributed by atoms with E-state index in [1.54, 1.807) is 0 Å². The molecule has 0 radical (unpaired) electrons. The van der Waals surface area contributed by atoms with E-state index in [-0.39, 0.29) is 5.91 Å². The van der Waals surface area contributed by atoms with Crippen molar-refractivity contribution in [2.75, 3.05) is 26.2 Å². The molecule has 20 heavy (non-hydrogen) atoms. The van der Waals surface area contributed by atoms with Crippen LogP contribution in [0.2, 0.25) is 0 Å². The summed E-state index contributed by atoms with van der Waals surface area (Å²) in [6, 6.07) is 8.32. The second kappa shape index (κ2) is 6.09. The molecule has 2 heterocycles. The molecule has 1 aromatic heterocycles. The van der Waals surface area contributed by atoms with Crippen LogP contribution in [0.1, 0.15) is 18.4 Å². The Kier molecular flexibility index (Phi) is 4.02. The molecule has 1 aliphatic rings. The predicted octanol–water partition coefficient (Wildman–Crippen LogP) is 1.92. The minimum atomic E-state index is 0.237. The Hall–Kier alpha value is -1.81. The first kappa shape index (κ1) is 13.2. The lowest BCUT2D eigenvalue weighted by Crippen LogP contribution is -2.36. The molecule has 1 amide bonds. The highest BCUT2D eigenvalue weighted by atomic mass is 16.2. The van der Waals surface area contributed by atoms with Crippen LogP contribution in [-0.4, -0.2) is 42.0 Å². The first-order chi connectivity index (χ1) is 9.84. The zero-order valence-electron chi connectivity index (χ0n) is 11.7. The molecule has 1 aromatic carbocycles. The fraction of sp³-hybridized carbons (Fsp3) is 0.438. The van der Waals surface area contributed by atoms with Crippen LogP contribution in [0.25, 0.3) is 10.9 Å². The molecular weight excluding hydrogens is 250 g/mol. The number of benzene rings is 1. The van der Waals surface area contributed by atoms with Crippen molar-refractivity contribution in [3.8, 4) is 0 Å². The Bertz CT molecular complexity index is 584. The van der Waals surface area contributed by atoms with Crippen molar-refractivity contribution in [3.05, 3.63) is 36.0 Å². The average molecular weight is 271 g/mol.